The molecule has 0 aromatic carbocycles. The molecule has 0 unspecified atom stereocenters. The van der Waals surface area contributed by atoms with E-state index in [1.165, 1.54) is 6.07 Å². The summed E-state index contributed by atoms with van der Waals surface area (Å²) in [6, 6.07) is 2.25. The smallest absolute Gasteiger partial charge is 0.304 e. The molecular formula is C9H12FNO4S2. The lowest BCUT2D eigenvalue weighted by Crippen LogP contribution is -2.32. The molecule has 1 aromatic rings. The molecule has 0 aliphatic rings. The van der Waals surface area contributed by atoms with E-state index in [-0.39, 0.29) is 23.7 Å². The molecule has 17 heavy (non-hydrogen) atoms. The van der Waals surface area contributed by atoms with Crippen LogP contribution in [0.2, 0.25) is 0 Å². The largest absolute Gasteiger partial charge is 0.481 e. The second kappa shape index (κ2) is 5.56. The van der Waals surface area contributed by atoms with Crippen molar-refractivity contribution in [1.82, 2.24) is 4.31 Å². The summed E-state index contributed by atoms with van der Waals surface area (Å²) in [5.41, 5.74) is 0. The minimum absolute atomic E-state index is 0.109. The molecule has 96 valence electrons. The highest BCUT2D eigenvalue weighted by atomic mass is 32.2. The topological polar surface area (TPSA) is 74.7 Å². The molecular weight excluding hydrogens is 269 g/mol. The van der Waals surface area contributed by atoms with Crippen LogP contribution in [0.1, 0.15) is 13.3 Å². The average Bonchev–Trinajstić information content (AvgIpc) is 2.65. The van der Waals surface area contributed by atoms with E-state index in [1.807, 2.05) is 0 Å². The van der Waals surface area contributed by atoms with E-state index in [4.69, 9.17) is 5.11 Å². The van der Waals surface area contributed by atoms with Gasteiger partial charge >= 0.3 is 5.97 Å². The first-order valence-electron chi connectivity index (χ1n) is 4.85. The average molecular weight is 281 g/mol. The van der Waals surface area contributed by atoms with Crippen LogP contribution in [0.25, 0.3) is 0 Å². The van der Waals surface area contributed by atoms with Gasteiger partial charge in [-0.05, 0) is 12.1 Å². The van der Waals surface area contributed by atoms with Gasteiger partial charge in [0.15, 0.2) is 5.13 Å². The number of aliphatic carboxylic acids is 1. The molecule has 0 atom stereocenters. The molecule has 1 rings (SSSR count). The van der Waals surface area contributed by atoms with Crippen molar-refractivity contribution in [3.8, 4) is 0 Å². The summed E-state index contributed by atoms with van der Waals surface area (Å²) in [6.45, 7) is 1.63. The Balaban J connectivity index is 2.90. The van der Waals surface area contributed by atoms with E-state index in [1.54, 1.807) is 6.92 Å². The molecule has 0 saturated heterocycles. The van der Waals surface area contributed by atoms with E-state index >= 15 is 0 Å². The summed E-state index contributed by atoms with van der Waals surface area (Å²) >= 11 is 0.529. The third-order valence-electron chi connectivity index (χ3n) is 2.07. The van der Waals surface area contributed by atoms with Crippen LogP contribution in [0, 0.1) is 5.13 Å². The van der Waals surface area contributed by atoms with Crippen LogP contribution in [-0.4, -0.2) is 36.9 Å². The maximum absolute atomic E-state index is 12.8. The standard InChI is InChI=1S/C9H12FNO4S2/c1-2-11(6-5-8(12)13)17(14,15)9-4-3-7(10)16-9/h3-4H,2,5-6H2,1H3,(H,12,13). The summed E-state index contributed by atoms with van der Waals surface area (Å²) in [5, 5.41) is 7.93. The molecule has 5 nitrogen and oxygen atoms in total. The van der Waals surface area contributed by atoms with Gasteiger partial charge in [-0.1, -0.05) is 18.3 Å². The first-order chi connectivity index (χ1) is 7.87. The van der Waals surface area contributed by atoms with Gasteiger partial charge in [-0.15, -0.1) is 0 Å². The fourth-order valence-electron chi connectivity index (χ4n) is 1.23. The molecule has 0 saturated carbocycles. The van der Waals surface area contributed by atoms with Crippen molar-refractivity contribution < 1.29 is 22.7 Å². The number of carboxylic acid groups (broad SMARTS) is 1. The van der Waals surface area contributed by atoms with E-state index in [9.17, 15) is 17.6 Å². The third-order valence-corrected chi connectivity index (χ3v) is 5.39. The summed E-state index contributed by atoms with van der Waals surface area (Å²) in [6.07, 6.45) is -0.277. The molecule has 0 fully saturated rings. The van der Waals surface area contributed by atoms with Crippen molar-refractivity contribution in [3.05, 3.63) is 17.3 Å². The number of halogens is 1. The molecule has 0 bridgehead atoms. The highest BCUT2D eigenvalue weighted by Crippen LogP contribution is 2.23. The van der Waals surface area contributed by atoms with Crippen molar-refractivity contribution >= 4 is 27.3 Å². The fraction of sp³-hybridized carbons (Fsp3) is 0.444. The highest BCUT2D eigenvalue weighted by Gasteiger charge is 2.25. The molecule has 8 heteroatoms. The van der Waals surface area contributed by atoms with Crippen molar-refractivity contribution in [2.45, 2.75) is 17.6 Å². The normalized spacial score (nSPS) is 11.9. The van der Waals surface area contributed by atoms with Gasteiger partial charge in [-0.3, -0.25) is 4.79 Å². The molecule has 1 aromatic heterocycles. The maximum Gasteiger partial charge on any atom is 0.304 e. The lowest BCUT2D eigenvalue weighted by molar-refractivity contribution is -0.137. The number of nitrogens with zero attached hydrogens (tertiary/aromatic N) is 1. The van der Waals surface area contributed by atoms with Gasteiger partial charge in [-0.2, -0.15) is 8.70 Å². The first kappa shape index (κ1) is 14.1. The molecule has 0 aliphatic carbocycles. The van der Waals surface area contributed by atoms with Gasteiger partial charge in [0.2, 0.25) is 0 Å². The predicted molar refractivity (Wildman–Crippen MR) is 61.0 cm³/mol. The van der Waals surface area contributed by atoms with Gasteiger partial charge < -0.3 is 5.11 Å². The zero-order valence-corrected chi connectivity index (χ0v) is 10.7. The second-order valence-electron chi connectivity index (χ2n) is 3.20. The SMILES string of the molecule is CCN(CCC(=O)O)S(=O)(=O)c1ccc(F)s1. The fourth-order valence-corrected chi connectivity index (χ4v) is 3.84. The van der Waals surface area contributed by atoms with E-state index < -0.39 is 21.1 Å². The van der Waals surface area contributed by atoms with Crippen LogP contribution in [0.3, 0.4) is 0 Å². The number of sulfonamides is 1. The predicted octanol–water partition coefficient (Wildman–Crippen LogP) is 1.37. The second-order valence-corrected chi connectivity index (χ2v) is 6.40. The van der Waals surface area contributed by atoms with Crippen molar-refractivity contribution in [3.63, 3.8) is 0 Å². The van der Waals surface area contributed by atoms with Crippen LogP contribution < -0.4 is 0 Å². The molecule has 0 spiro atoms. The van der Waals surface area contributed by atoms with E-state index in [0.717, 1.165) is 10.4 Å². The molecule has 1 N–H and O–H groups in total. The van der Waals surface area contributed by atoms with Gasteiger partial charge in [0.25, 0.3) is 10.0 Å². The quantitative estimate of drug-likeness (QED) is 0.854. The van der Waals surface area contributed by atoms with Crippen LogP contribution in [0.4, 0.5) is 4.39 Å². The van der Waals surface area contributed by atoms with Gasteiger partial charge in [0.1, 0.15) is 4.21 Å². The number of rotatable bonds is 6. The maximum atomic E-state index is 12.8. The van der Waals surface area contributed by atoms with Crippen LogP contribution >= 0.6 is 11.3 Å². The molecule has 0 radical (unpaired) electrons. The third kappa shape index (κ3) is 3.48. The van der Waals surface area contributed by atoms with Gasteiger partial charge in [0.05, 0.1) is 6.42 Å². The van der Waals surface area contributed by atoms with E-state index in [2.05, 4.69) is 0 Å². The van der Waals surface area contributed by atoms with Crippen LogP contribution in [0.5, 0.6) is 0 Å². The Kier molecular flexibility index (Phi) is 4.61. The lowest BCUT2D eigenvalue weighted by atomic mass is 10.4. The summed E-state index contributed by atoms with van der Waals surface area (Å²) in [4.78, 5) is 10.4. The Labute approximate surface area is 103 Å². The Morgan fingerprint density at radius 2 is 2.18 bits per heavy atom. The Morgan fingerprint density at radius 1 is 1.53 bits per heavy atom. The summed E-state index contributed by atoms with van der Waals surface area (Å²) < 4.78 is 37.6. The van der Waals surface area contributed by atoms with Gasteiger partial charge in [0, 0.05) is 13.1 Å². The number of hydrogen-bond donors (Lipinski definition) is 1. The number of thiophene rings is 1. The van der Waals surface area contributed by atoms with Gasteiger partial charge in [-0.25, -0.2) is 8.42 Å². The number of carboxylic acids is 1. The zero-order valence-electron chi connectivity index (χ0n) is 9.09. The van der Waals surface area contributed by atoms with Crippen molar-refractivity contribution in [1.29, 1.82) is 0 Å². The monoisotopic (exact) mass is 281 g/mol. The Bertz CT molecular complexity index is 497. The summed E-state index contributed by atoms with van der Waals surface area (Å²) in [5.74, 6) is -1.07. The van der Waals surface area contributed by atoms with E-state index in [0.29, 0.717) is 11.3 Å². The Hall–Kier alpha value is -0.990. The Morgan fingerprint density at radius 3 is 2.59 bits per heavy atom. The molecule has 0 aliphatic heterocycles. The lowest BCUT2D eigenvalue weighted by Gasteiger charge is -2.18. The number of carbonyl (C=O) groups is 1. The van der Waals surface area contributed by atoms with Crippen molar-refractivity contribution in [2.75, 3.05) is 13.1 Å². The van der Waals surface area contributed by atoms with Crippen molar-refractivity contribution in [2.24, 2.45) is 0 Å². The highest BCUT2D eigenvalue weighted by molar-refractivity contribution is 7.91. The van der Waals surface area contributed by atoms with Crippen LogP contribution in [-0.2, 0) is 14.8 Å². The zero-order chi connectivity index (χ0) is 13.1. The molecule has 0 amide bonds. The summed E-state index contributed by atoms with van der Waals surface area (Å²) in [7, 11) is -3.78. The minimum atomic E-state index is -3.78. The first-order valence-corrected chi connectivity index (χ1v) is 7.11. The van der Waals surface area contributed by atoms with Crippen LogP contribution in [0.15, 0.2) is 16.3 Å². The number of hydrogen-bond acceptors (Lipinski definition) is 4. The minimum Gasteiger partial charge on any atom is -0.481 e. The molecule has 1 heterocycles.